The lowest BCUT2D eigenvalue weighted by Crippen LogP contribution is -2.15. The number of hydrogen-bond acceptors (Lipinski definition) is 3. The van der Waals surface area contributed by atoms with Crippen LogP contribution in [0.4, 0.5) is 0 Å². The fourth-order valence-electron chi connectivity index (χ4n) is 2.15. The van der Waals surface area contributed by atoms with Crippen molar-refractivity contribution in [2.24, 2.45) is 0 Å². The molecule has 1 aliphatic rings. The van der Waals surface area contributed by atoms with E-state index < -0.39 is 0 Å². The molecule has 0 saturated heterocycles. The molecule has 1 N–H and O–H groups in total. The van der Waals surface area contributed by atoms with Crippen molar-refractivity contribution in [3.8, 4) is 5.75 Å². The minimum Gasteiger partial charge on any atom is -0.492 e. The molecule has 0 spiro atoms. The van der Waals surface area contributed by atoms with Crippen LogP contribution >= 0.6 is 11.8 Å². The number of benzene rings is 1. The van der Waals surface area contributed by atoms with Gasteiger partial charge in [0.2, 0.25) is 0 Å². The van der Waals surface area contributed by atoms with E-state index in [1.54, 1.807) is 0 Å². The summed E-state index contributed by atoms with van der Waals surface area (Å²) in [6, 6.07) is 5.26. The lowest BCUT2D eigenvalue weighted by molar-refractivity contribution is 0.339. The van der Waals surface area contributed by atoms with Crippen LogP contribution in [-0.4, -0.2) is 24.7 Å². The normalized spacial score (nSPS) is 14.8. The van der Waals surface area contributed by atoms with Gasteiger partial charge in [-0.05, 0) is 49.6 Å². The smallest absolute Gasteiger partial charge is 0.125 e. The zero-order valence-electron chi connectivity index (χ0n) is 11.6. The van der Waals surface area contributed by atoms with Gasteiger partial charge in [0.1, 0.15) is 5.75 Å². The van der Waals surface area contributed by atoms with E-state index in [2.05, 4.69) is 37.6 Å². The Kier molecular flexibility index (Phi) is 4.95. The summed E-state index contributed by atoms with van der Waals surface area (Å²) in [5, 5.41) is 3.55. The first-order valence-electron chi connectivity index (χ1n) is 6.66. The SMILES string of the molecule is CSCCOc1c(C)cc(CNC2CC2)cc1C. The highest BCUT2D eigenvalue weighted by Gasteiger charge is 2.20. The maximum absolute atomic E-state index is 5.86. The summed E-state index contributed by atoms with van der Waals surface area (Å²) >= 11 is 1.82. The Labute approximate surface area is 114 Å². The van der Waals surface area contributed by atoms with Crippen molar-refractivity contribution in [2.45, 2.75) is 39.3 Å². The van der Waals surface area contributed by atoms with Crippen LogP contribution in [-0.2, 0) is 6.54 Å². The topological polar surface area (TPSA) is 21.3 Å². The van der Waals surface area contributed by atoms with Crippen LogP contribution in [0.15, 0.2) is 12.1 Å². The predicted octanol–water partition coefficient (Wildman–Crippen LogP) is 3.30. The number of nitrogens with one attached hydrogen (secondary N) is 1. The first-order chi connectivity index (χ1) is 8.70. The monoisotopic (exact) mass is 265 g/mol. The molecule has 0 heterocycles. The van der Waals surface area contributed by atoms with E-state index in [-0.39, 0.29) is 0 Å². The molecule has 3 heteroatoms. The Bertz CT molecular complexity index is 378. The Hall–Kier alpha value is -0.670. The van der Waals surface area contributed by atoms with Crippen LogP contribution in [0.2, 0.25) is 0 Å². The maximum atomic E-state index is 5.86. The Morgan fingerprint density at radius 3 is 2.50 bits per heavy atom. The Morgan fingerprint density at radius 1 is 1.28 bits per heavy atom. The van der Waals surface area contributed by atoms with Crippen molar-refractivity contribution in [3.63, 3.8) is 0 Å². The van der Waals surface area contributed by atoms with E-state index >= 15 is 0 Å². The summed E-state index contributed by atoms with van der Waals surface area (Å²) in [5.41, 5.74) is 3.88. The molecule has 1 fully saturated rings. The summed E-state index contributed by atoms with van der Waals surface area (Å²) in [6.07, 6.45) is 4.79. The highest BCUT2D eigenvalue weighted by molar-refractivity contribution is 7.98. The van der Waals surface area contributed by atoms with Gasteiger partial charge >= 0.3 is 0 Å². The third-order valence-corrected chi connectivity index (χ3v) is 3.80. The first-order valence-corrected chi connectivity index (χ1v) is 8.05. The number of hydrogen-bond donors (Lipinski definition) is 1. The van der Waals surface area contributed by atoms with Crippen molar-refractivity contribution in [1.29, 1.82) is 0 Å². The second-order valence-corrected chi connectivity index (χ2v) is 6.04. The van der Waals surface area contributed by atoms with Crippen molar-refractivity contribution in [2.75, 3.05) is 18.6 Å². The van der Waals surface area contributed by atoms with E-state index in [0.717, 1.165) is 30.7 Å². The zero-order valence-corrected chi connectivity index (χ0v) is 12.4. The molecule has 0 aromatic heterocycles. The molecule has 0 radical (unpaired) electrons. The van der Waals surface area contributed by atoms with Gasteiger partial charge in [-0.25, -0.2) is 0 Å². The number of ether oxygens (including phenoxy) is 1. The summed E-state index contributed by atoms with van der Waals surface area (Å²) in [4.78, 5) is 0. The molecule has 2 nitrogen and oxygen atoms in total. The van der Waals surface area contributed by atoms with Gasteiger partial charge in [-0.2, -0.15) is 11.8 Å². The van der Waals surface area contributed by atoms with E-state index in [1.165, 1.54) is 29.5 Å². The molecule has 0 amide bonds. The zero-order chi connectivity index (χ0) is 13.0. The van der Waals surface area contributed by atoms with Gasteiger partial charge in [-0.3, -0.25) is 0 Å². The summed E-state index contributed by atoms with van der Waals surface area (Å²) in [6.45, 7) is 6.06. The van der Waals surface area contributed by atoms with E-state index in [4.69, 9.17) is 4.74 Å². The Morgan fingerprint density at radius 2 is 1.94 bits per heavy atom. The van der Waals surface area contributed by atoms with Gasteiger partial charge in [0.15, 0.2) is 0 Å². The second-order valence-electron chi connectivity index (χ2n) is 5.06. The highest BCUT2D eigenvalue weighted by Crippen LogP contribution is 2.26. The van der Waals surface area contributed by atoms with Crippen LogP contribution < -0.4 is 10.1 Å². The third kappa shape index (κ3) is 3.92. The van der Waals surface area contributed by atoms with Gasteiger partial charge in [0, 0.05) is 18.3 Å². The van der Waals surface area contributed by atoms with Gasteiger partial charge in [-0.1, -0.05) is 12.1 Å². The molecule has 1 saturated carbocycles. The van der Waals surface area contributed by atoms with E-state index in [9.17, 15) is 0 Å². The van der Waals surface area contributed by atoms with Crippen molar-refractivity contribution in [1.82, 2.24) is 5.32 Å². The van der Waals surface area contributed by atoms with Crippen molar-refractivity contribution < 1.29 is 4.74 Å². The summed E-state index contributed by atoms with van der Waals surface area (Å²) in [7, 11) is 0. The fourth-order valence-corrected chi connectivity index (χ4v) is 2.40. The standard InChI is InChI=1S/C15H23NOS/c1-11-8-13(10-16-14-4-5-14)9-12(2)15(11)17-6-7-18-3/h8-9,14,16H,4-7,10H2,1-3H3. The van der Waals surface area contributed by atoms with Crippen molar-refractivity contribution in [3.05, 3.63) is 28.8 Å². The lowest BCUT2D eigenvalue weighted by Gasteiger charge is -2.14. The number of rotatable bonds is 7. The van der Waals surface area contributed by atoms with Gasteiger partial charge in [-0.15, -0.1) is 0 Å². The molecule has 100 valence electrons. The molecule has 2 rings (SSSR count). The summed E-state index contributed by atoms with van der Waals surface area (Å²) < 4.78 is 5.86. The minimum atomic E-state index is 0.767. The Balaban J connectivity index is 1.97. The van der Waals surface area contributed by atoms with Gasteiger partial charge in [0.05, 0.1) is 6.61 Å². The molecule has 1 aliphatic carbocycles. The van der Waals surface area contributed by atoms with E-state index in [1.807, 2.05) is 11.8 Å². The quantitative estimate of drug-likeness (QED) is 0.764. The molecular formula is C15H23NOS. The molecule has 1 aromatic rings. The predicted molar refractivity (Wildman–Crippen MR) is 79.7 cm³/mol. The molecule has 18 heavy (non-hydrogen) atoms. The minimum absolute atomic E-state index is 0.767. The van der Waals surface area contributed by atoms with Gasteiger partial charge < -0.3 is 10.1 Å². The van der Waals surface area contributed by atoms with Crippen molar-refractivity contribution >= 4 is 11.8 Å². The molecule has 0 bridgehead atoms. The maximum Gasteiger partial charge on any atom is 0.125 e. The second kappa shape index (κ2) is 6.48. The van der Waals surface area contributed by atoms with Crippen LogP contribution in [0.5, 0.6) is 5.75 Å². The van der Waals surface area contributed by atoms with Crippen LogP contribution in [0.1, 0.15) is 29.5 Å². The highest BCUT2D eigenvalue weighted by atomic mass is 32.2. The average Bonchev–Trinajstić information content (AvgIpc) is 3.14. The fraction of sp³-hybridized carbons (Fsp3) is 0.600. The van der Waals surface area contributed by atoms with Crippen LogP contribution in [0, 0.1) is 13.8 Å². The first kappa shape index (κ1) is 13.8. The lowest BCUT2D eigenvalue weighted by atomic mass is 10.1. The molecular weight excluding hydrogens is 242 g/mol. The third-order valence-electron chi connectivity index (χ3n) is 3.23. The summed E-state index contributed by atoms with van der Waals surface area (Å²) in [5.74, 6) is 2.11. The number of aryl methyl sites for hydroxylation is 2. The van der Waals surface area contributed by atoms with Crippen LogP contribution in [0.3, 0.4) is 0 Å². The molecule has 0 unspecified atom stereocenters. The average molecular weight is 265 g/mol. The largest absolute Gasteiger partial charge is 0.492 e. The van der Waals surface area contributed by atoms with E-state index in [0.29, 0.717) is 0 Å². The van der Waals surface area contributed by atoms with Crippen LogP contribution in [0.25, 0.3) is 0 Å². The number of thioether (sulfide) groups is 1. The molecule has 0 atom stereocenters. The van der Waals surface area contributed by atoms with Gasteiger partial charge in [0.25, 0.3) is 0 Å². The molecule has 0 aliphatic heterocycles. The molecule has 1 aromatic carbocycles.